The van der Waals surface area contributed by atoms with Gasteiger partial charge in [-0.15, -0.1) is 0 Å². The predicted octanol–water partition coefficient (Wildman–Crippen LogP) is 4.04. The largest absolute Gasteiger partial charge is 0.493 e. The number of benzene rings is 1. The number of allylic oxidation sites excluding steroid dienone is 1. The molecule has 2 rings (SSSR count). The average molecular weight is 410 g/mol. The second-order valence-corrected chi connectivity index (χ2v) is 6.91. The van der Waals surface area contributed by atoms with Gasteiger partial charge in [-0.25, -0.2) is 0 Å². The molecule has 0 unspecified atom stereocenters. The van der Waals surface area contributed by atoms with E-state index in [-0.39, 0.29) is 5.91 Å². The summed E-state index contributed by atoms with van der Waals surface area (Å²) in [6, 6.07) is 3.21. The van der Waals surface area contributed by atoms with Gasteiger partial charge in [0.2, 0.25) is 0 Å². The van der Waals surface area contributed by atoms with Crippen molar-refractivity contribution >= 4 is 28.1 Å². The molecule has 0 heterocycles. The number of carbonyl (C=O) groups is 2. The minimum atomic E-state index is -0.685. The quantitative estimate of drug-likeness (QED) is 0.519. The van der Waals surface area contributed by atoms with Crippen molar-refractivity contribution in [1.82, 2.24) is 5.32 Å². The molecule has 5 nitrogen and oxygen atoms in total. The Balaban J connectivity index is 1.91. The lowest BCUT2D eigenvalue weighted by atomic mass is 9.97. The standard InChI is InChI=1S/C19H24BrNO4/c1-13(19(23)21-9-8-14-6-4-3-5-7-14)25-18-10-15(12-22)16(20)11-17(18)24-2/h6,10-13H,3-5,7-9H2,1-2H3,(H,21,23)/t13-/m0/s1. The summed E-state index contributed by atoms with van der Waals surface area (Å²) in [6.45, 7) is 2.28. The van der Waals surface area contributed by atoms with Gasteiger partial charge in [0.1, 0.15) is 0 Å². The fraction of sp³-hybridized carbons (Fsp3) is 0.474. The number of hydrogen-bond donors (Lipinski definition) is 1. The van der Waals surface area contributed by atoms with E-state index in [1.54, 1.807) is 19.1 Å². The third-order valence-corrected chi connectivity index (χ3v) is 4.90. The zero-order valence-corrected chi connectivity index (χ0v) is 16.2. The van der Waals surface area contributed by atoms with E-state index < -0.39 is 6.10 Å². The molecule has 6 heteroatoms. The van der Waals surface area contributed by atoms with Crippen molar-refractivity contribution in [2.45, 2.75) is 45.1 Å². The summed E-state index contributed by atoms with van der Waals surface area (Å²) >= 11 is 3.30. The van der Waals surface area contributed by atoms with Crippen LogP contribution in [0.3, 0.4) is 0 Å². The van der Waals surface area contributed by atoms with E-state index in [0.717, 1.165) is 25.5 Å². The monoisotopic (exact) mass is 409 g/mol. The molecule has 0 saturated carbocycles. The van der Waals surface area contributed by atoms with Crippen molar-refractivity contribution in [3.05, 3.63) is 33.8 Å². The van der Waals surface area contributed by atoms with Gasteiger partial charge in [0, 0.05) is 16.6 Å². The molecule has 0 aliphatic heterocycles. The number of carbonyl (C=O) groups excluding carboxylic acids is 2. The Hall–Kier alpha value is -1.82. The maximum Gasteiger partial charge on any atom is 0.260 e. The summed E-state index contributed by atoms with van der Waals surface area (Å²) in [5.74, 6) is 0.643. The van der Waals surface area contributed by atoms with Crippen molar-refractivity contribution in [3.63, 3.8) is 0 Å². The van der Waals surface area contributed by atoms with Gasteiger partial charge >= 0.3 is 0 Å². The van der Waals surface area contributed by atoms with Gasteiger partial charge in [-0.05, 0) is 67.1 Å². The molecule has 0 aromatic heterocycles. The molecule has 1 aromatic rings. The van der Waals surface area contributed by atoms with E-state index in [2.05, 4.69) is 27.3 Å². The van der Waals surface area contributed by atoms with Gasteiger partial charge in [-0.3, -0.25) is 9.59 Å². The minimum absolute atomic E-state index is 0.186. The summed E-state index contributed by atoms with van der Waals surface area (Å²) in [7, 11) is 1.51. The summed E-state index contributed by atoms with van der Waals surface area (Å²) in [5.41, 5.74) is 1.86. The molecule has 0 saturated heterocycles. The molecule has 1 amide bonds. The van der Waals surface area contributed by atoms with Crippen LogP contribution in [0.25, 0.3) is 0 Å². The van der Waals surface area contributed by atoms with Crippen molar-refractivity contribution in [1.29, 1.82) is 0 Å². The highest BCUT2D eigenvalue weighted by Gasteiger charge is 2.18. The van der Waals surface area contributed by atoms with Crippen LogP contribution in [0.5, 0.6) is 11.5 Å². The molecular formula is C19H24BrNO4. The molecule has 0 bridgehead atoms. The molecule has 0 fully saturated rings. The fourth-order valence-electron chi connectivity index (χ4n) is 2.76. The maximum atomic E-state index is 12.2. The Morgan fingerprint density at radius 2 is 2.16 bits per heavy atom. The van der Waals surface area contributed by atoms with Gasteiger partial charge in [-0.2, -0.15) is 0 Å². The molecule has 1 aromatic carbocycles. The number of rotatable bonds is 8. The molecule has 1 aliphatic rings. The van der Waals surface area contributed by atoms with Crippen LogP contribution in [0, 0.1) is 0 Å². The van der Waals surface area contributed by atoms with Crippen molar-refractivity contribution in [2.24, 2.45) is 0 Å². The van der Waals surface area contributed by atoms with E-state index in [4.69, 9.17) is 9.47 Å². The van der Waals surface area contributed by atoms with Crippen LogP contribution in [0.1, 0.15) is 49.4 Å². The molecule has 1 aliphatic carbocycles. The van der Waals surface area contributed by atoms with Gasteiger partial charge in [0.25, 0.3) is 5.91 Å². The van der Waals surface area contributed by atoms with Gasteiger partial charge in [0.05, 0.1) is 7.11 Å². The van der Waals surface area contributed by atoms with E-state index in [9.17, 15) is 9.59 Å². The second-order valence-electron chi connectivity index (χ2n) is 6.05. The van der Waals surface area contributed by atoms with E-state index >= 15 is 0 Å². The predicted molar refractivity (Wildman–Crippen MR) is 100 cm³/mol. The molecule has 25 heavy (non-hydrogen) atoms. The van der Waals surface area contributed by atoms with Crippen molar-refractivity contribution < 1.29 is 19.1 Å². The summed E-state index contributed by atoms with van der Waals surface area (Å²) in [4.78, 5) is 23.3. The second kappa shape index (κ2) is 9.61. The molecular weight excluding hydrogens is 386 g/mol. The van der Waals surface area contributed by atoms with Crippen molar-refractivity contribution in [3.8, 4) is 11.5 Å². The smallest absolute Gasteiger partial charge is 0.260 e. The number of amides is 1. The van der Waals surface area contributed by atoms with E-state index in [0.29, 0.717) is 28.1 Å². The molecule has 0 spiro atoms. The fourth-order valence-corrected chi connectivity index (χ4v) is 3.17. The molecule has 0 radical (unpaired) electrons. The van der Waals surface area contributed by atoms with Gasteiger partial charge in [-0.1, -0.05) is 11.6 Å². The number of ether oxygens (including phenoxy) is 2. The third-order valence-electron chi connectivity index (χ3n) is 4.21. The Morgan fingerprint density at radius 3 is 2.80 bits per heavy atom. The first kappa shape index (κ1) is 19.5. The highest BCUT2D eigenvalue weighted by Crippen LogP contribution is 2.33. The van der Waals surface area contributed by atoms with Crippen LogP contribution in [-0.2, 0) is 4.79 Å². The summed E-state index contributed by atoms with van der Waals surface area (Å²) in [6.07, 6.45) is 7.98. The SMILES string of the molecule is COc1cc(Br)c(C=O)cc1O[C@@H](C)C(=O)NCCC1=CCCCC1. The van der Waals surface area contributed by atoms with Crippen LogP contribution >= 0.6 is 15.9 Å². The zero-order chi connectivity index (χ0) is 18.2. The first-order valence-corrected chi connectivity index (χ1v) is 9.29. The average Bonchev–Trinajstić information content (AvgIpc) is 2.63. The summed E-state index contributed by atoms with van der Waals surface area (Å²) < 4.78 is 11.6. The lowest BCUT2D eigenvalue weighted by Crippen LogP contribution is -2.37. The van der Waals surface area contributed by atoms with Crippen LogP contribution in [-0.4, -0.2) is 32.0 Å². The minimum Gasteiger partial charge on any atom is -0.493 e. The molecule has 1 N–H and O–H groups in total. The van der Waals surface area contributed by atoms with E-state index in [1.807, 2.05) is 0 Å². The topological polar surface area (TPSA) is 64.6 Å². The lowest BCUT2D eigenvalue weighted by Gasteiger charge is -2.18. The number of hydrogen-bond acceptors (Lipinski definition) is 4. The number of methoxy groups -OCH3 is 1. The number of halogens is 1. The zero-order valence-electron chi connectivity index (χ0n) is 14.6. The number of aldehydes is 1. The lowest BCUT2D eigenvalue weighted by molar-refractivity contribution is -0.127. The van der Waals surface area contributed by atoms with Crippen LogP contribution in [0.4, 0.5) is 0 Å². The molecule has 1 atom stereocenters. The Bertz CT molecular complexity index is 657. The highest BCUT2D eigenvalue weighted by molar-refractivity contribution is 9.10. The Kier molecular flexibility index (Phi) is 7.50. The highest BCUT2D eigenvalue weighted by atomic mass is 79.9. The Labute approximate surface area is 156 Å². The first-order chi connectivity index (χ1) is 12.0. The normalized spacial score (nSPS) is 15.1. The first-order valence-electron chi connectivity index (χ1n) is 8.50. The van der Waals surface area contributed by atoms with Crippen LogP contribution in [0.15, 0.2) is 28.3 Å². The van der Waals surface area contributed by atoms with Crippen LogP contribution < -0.4 is 14.8 Å². The van der Waals surface area contributed by atoms with Gasteiger partial charge in [0.15, 0.2) is 23.9 Å². The van der Waals surface area contributed by atoms with Crippen molar-refractivity contribution in [2.75, 3.05) is 13.7 Å². The van der Waals surface area contributed by atoms with Gasteiger partial charge < -0.3 is 14.8 Å². The summed E-state index contributed by atoms with van der Waals surface area (Å²) in [5, 5.41) is 2.90. The Morgan fingerprint density at radius 1 is 1.36 bits per heavy atom. The molecule has 136 valence electrons. The number of nitrogens with one attached hydrogen (secondary N) is 1. The maximum absolute atomic E-state index is 12.2. The third kappa shape index (κ3) is 5.59. The van der Waals surface area contributed by atoms with E-state index in [1.165, 1.54) is 25.5 Å². The van der Waals surface area contributed by atoms with Crippen LogP contribution in [0.2, 0.25) is 0 Å².